The van der Waals surface area contributed by atoms with E-state index in [1.165, 1.54) is 48.4 Å². The highest BCUT2D eigenvalue weighted by Gasteiger charge is 2.34. The van der Waals surface area contributed by atoms with Gasteiger partial charge in [0.1, 0.15) is 24.2 Å². The molecule has 1 aliphatic rings. The van der Waals surface area contributed by atoms with Crippen LogP contribution in [0.15, 0.2) is 77.7 Å². The van der Waals surface area contributed by atoms with E-state index >= 15 is 0 Å². The summed E-state index contributed by atoms with van der Waals surface area (Å²) in [4.78, 5) is 29.1. The second-order valence-electron chi connectivity index (χ2n) is 10.6. The molecule has 3 aromatic carbocycles. The number of carbonyl (C=O) groups excluding carboxylic acids is 2. The summed E-state index contributed by atoms with van der Waals surface area (Å²) in [5, 5.41) is 3.10. The van der Waals surface area contributed by atoms with E-state index in [-0.39, 0.29) is 29.1 Å². The minimum Gasteiger partial charge on any atom is -0.497 e. The van der Waals surface area contributed by atoms with E-state index in [9.17, 15) is 22.4 Å². The first-order chi connectivity index (χ1) is 20.1. The van der Waals surface area contributed by atoms with Crippen molar-refractivity contribution in [3.63, 3.8) is 0 Å². The van der Waals surface area contributed by atoms with Gasteiger partial charge in [-0.3, -0.25) is 13.9 Å². The van der Waals surface area contributed by atoms with Crippen LogP contribution < -0.4 is 14.4 Å². The number of hydrogen-bond donors (Lipinski definition) is 1. The van der Waals surface area contributed by atoms with E-state index in [2.05, 4.69) is 5.32 Å². The Morgan fingerprint density at radius 2 is 1.69 bits per heavy atom. The number of carbonyl (C=O) groups is 2. The van der Waals surface area contributed by atoms with Crippen LogP contribution in [-0.2, 0) is 26.2 Å². The number of anilines is 1. The number of benzene rings is 3. The van der Waals surface area contributed by atoms with E-state index in [1.807, 2.05) is 38.1 Å². The average Bonchev–Trinajstić information content (AvgIpc) is 3.49. The molecule has 10 heteroatoms. The first-order valence-corrected chi connectivity index (χ1v) is 15.6. The first-order valence-electron chi connectivity index (χ1n) is 14.2. The van der Waals surface area contributed by atoms with Crippen molar-refractivity contribution < 1.29 is 27.1 Å². The van der Waals surface area contributed by atoms with Crippen molar-refractivity contribution in [1.29, 1.82) is 0 Å². The molecule has 1 N–H and O–H groups in total. The molecule has 0 aliphatic heterocycles. The van der Waals surface area contributed by atoms with Crippen molar-refractivity contribution >= 4 is 27.5 Å². The predicted octanol–water partition coefficient (Wildman–Crippen LogP) is 5.20. The summed E-state index contributed by atoms with van der Waals surface area (Å²) in [7, 11) is -2.79. The molecule has 0 saturated heterocycles. The molecule has 42 heavy (non-hydrogen) atoms. The van der Waals surface area contributed by atoms with E-state index in [0.29, 0.717) is 12.2 Å². The molecule has 0 bridgehead atoms. The van der Waals surface area contributed by atoms with Gasteiger partial charge in [0.25, 0.3) is 10.0 Å². The Labute approximate surface area is 247 Å². The number of sulfonamides is 1. The highest BCUT2D eigenvalue weighted by Crippen LogP contribution is 2.27. The third kappa shape index (κ3) is 7.47. The van der Waals surface area contributed by atoms with Crippen LogP contribution in [0.3, 0.4) is 0 Å². The molecule has 0 spiro atoms. The van der Waals surface area contributed by atoms with Gasteiger partial charge in [-0.25, -0.2) is 12.8 Å². The number of hydrogen-bond acceptors (Lipinski definition) is 5. The van der Waals surface area contributed by atoms with E-state index in [0.717, 1.165) is 53.2 Å². The molecule has 0 aromatic heterocycles. The number of amides is 2. The molecular weight excluding hydrogens is 557 g/mol. The van der Waals surface area contributed by atoms with Crippen molar-refractivity contribution in [1.82, 2.24) is 10.2 Å². The minimum atomic E-state index is -4.26. The van der Waals surface area contributed by atoms with Crippen LogP contribution in [-0.4, -0.2) is 50.9 Å². The monoisotopic (exact) mass is 595 g/mol. The molecule has 0 radical (unpaired) electrons. The number of ether oxygens (including phenoxy) is 1. The molecule has 2 amide bonds. The molecule has 224 valence electrons. The number of nitrogens with zero attached hydrogens (tertiary/aromatic N) is 2. The quantitative estimate of drug-likeness (QED) is 0.310. The van der Waals surface area contributed by atoms with Crippen molar-refractivity contribution in [2.24, 2.45) is 0 Å². The Balaban J connectivity index is 1.71. The summed E-state index contributed by atoms with van der Waals surface area (Å²) in [6.45, 7) is 3.31. The van der Waals surface area contributed by atoms with Crippen molar-refractivity contribution in [2.75, 3.05) is 18.0 Å². The van der Waals surface area contributed by atoms with Crippen LogP contribution in [0, 0.1) is 12.7 Å². The number of nitrogens with one attached hydrogen (secondary N) is 1. The van der Waals surface area contributed by atoms with Gasteiger partial charge in [0.2, 0.25) is 11.8 Å². The van der Waals surface area contributed by atoms with Crippen molar-refractivity contribution in [2.45, 2.75) is 69.5 Å². The number of halogens is 1. The molecule has 0 unspecified atom stereocenters. The average molecular weight is 596 g/mol. The summed E-state index contributed by atoms with van der Waals surface area (Å²) in [6.07, 6.45) is 4.23. The van der Waals surface area contributed by atoms with Gasteiger partial charge >= 0.3 is 0 Å². The third-order valence-corrected chi connectivity index (χ3v) is 9.35. The van der Waals surface area contributed by atoms with Gasteiger partial charge in [-0.05, 0) is 80.3 Å². The highest BCUT2D eigenvalue weighted by atomic mass is 32.2. The van der Waals surface area contributed by atoms with Crippen LogP contribution in [0.2, 0.25) is 0 Å². The molecule has 0 heterocycles. The topological polar surface area (TPSA) is 96.0 Å². The van der Waals surface area contributed by atoms with Gasteiger partial charge in [0.05, 0.1) is 17.7 Å². The molecule has 4 rings (SSSR count). The maximum atomic E-state index is 14.1. The standard InChI is InChI=1S/C32H38FN3O5S/c1-4-30(32(38)34-26-10-5-6-11-26)35(21-24-9-7-8-23(2)20-24)31(37)22-36(27-14-12-25(33)13-15-27)42(39,40)29-18-16-28(41-3)17-19-29/h7-9,12-20,26,30H,4-6,10-11,21-22H2,1-3H3,(H,34,38)/t30-/m1/s1. The zero-order valence-corrected chi connectivity index (χ0v) is 25.1. The first kappa shape index (κ1) is 31.0. The van der Waals surface area contributed by atoms with Crippen LogP contribution in [0.25, 0.3) is 0 Å². The normalized spacial score (nSPS) is 14.3. The predicted molar refractivity (Wildman–Crippen MR) is 160 cm³/mol. The summed E-state index contributed by atoms with van der Waals surface area (Å²) >= 11 is 0. The lowest BCUT2D eigenvalue weighted by Gasteiger charge is -2.34. The van der Waals surface area contributed by atoms with Gasteiger partial charge in [-0.1, -0.05) is 49.6 Å². The Morgan fingerprint density at radius 3 is 2.29 bits per heavy atom. The minimum absolute atomic E-state index is 0.0586. The van der Waals surface area contributed by atoms with Crippen molar-refractivity contribution in [3.8, 4) is 5.75 Å². The van der Waals surface area contributed by atoms with Gasteiger partial charge < -0.3 is 15.0 Å². The fourth-order valence-electron chi connectivity index (χ4n) is 5.31. The summed E-state index contributed by atoms with van der Waals surface area (Å²) in [5.41, 5.74) is 1.94. The molecule has 3 aromatic rings. The molecule has 8 nitrogen and oxygen atoms in total. The molecule has 1 fully saturated rings. The van der Waals surface area contributed by atoms with Gasteiger partial charge in [-0.2, -0.15) is 0 Å². The van der Waals surface area contributed by atoms with Crippen molar-refractivity contribution in [3.05, 3.63) is 89.7 Å². The fourth-order valence-corrected chi connectivity index (χ4v) is 6.72. The van der Waals surface area contributed by atoms with E-state index in [1.54, 1.807) is 0 Å². The number of rotatable bonds is 12. The zero-order valence-electron chi connectivity index (χ0n) is 24.3. The second kappa shape index (κ2) is 13.8. The summed E-state index contributed by atoms with van der Waals surface area (Å²) < 4.78 is 47.8. The Hall–Kier alpha value is -3.92. The largest absolute Gasteiger partial charge is 0.497 e. The lowest BCUT2D eigenvalue weighted by atomic mass is 10.1. The SMILES string of the molecule is CC[C@H](C(=O)NC1CCCC1)N(Cc1cccc(C)c1)C(=O)CN(c1ccc(F)cc1)S(=O)(=O)c1ccc(OC)cc1. The Morgan fingerprint density at radius 1 is 1.02 bits per heavy atom. The summed E-state index contributed by atoms with van der Waals surface area (Å²) in [5.74, 6) is -0.868. The second-order valence-corrected chi connectivity index (χ2v) is 12.5. The van der Waals surface area contributed by atoms with Crippen LogP contribution in [0.4, 0.5) is 10.1 Å². The number of aryl methyl sites for hydroxylation is 1. The Kier molecular flexibility index (Phi) is 10.2. The molecule has 1 atom stereocenters. The fraction of sp³-hybridized carbons (Fsp3) is 0.375. The summed E-state index contributed by atoms with van der Waals surface area (Å²) in [6, 6.07) is 17.6. The zero-order chi connectivity index (χ0) is 30.3. The van der Waals surface area contributed by atoms with Gasteiger partial charge in [-0.15, -0.1) is 0 Å². The molecular formula is C32H38FN3O5S. The molecule has 1 aliphatic carbocycles. The smallest absolute Gasteiger partial charge is 0.264 e. The van der Waals surface area contributed by atoms with Crippen LogP contribution >= 0.6 is 0 Å². The lowest BCUT2D eigenvalue weighted by molar-refractivity contribution is -0.140. The van der Waals surface area contributed by atoms with Gasteiger partial charge in [0, 0.05) is 12.6 Å². The molecule has 1 saturated carbocycles. The number of methoxy groups -OCH3 is 1. The van der Waals surface area contributed by atoms with Crippen LogP contribution in [0.5, 0.6) is 5.75 Å². The van der Waals surface area contributed by atoms with Gasteiger partial charge in [0.15, 0.2) is 0 Å². The van der Waals surface area contributed by atoms with E-state index in [4.69, 9.17) is 4.74 Å². The maximum Gasteiger partial charge on any atom is 0.264 e. The third-order valence-electron chi connectivity index (χ3n) is 7.56. The lowest BCUT2D eigenvalue weighted by Crippen LogP contribution is -2.53. The Bertz CT molecular complexity index is 1470. The van der Waals surface area contributed by atoms with Crippen LogP contribution in [0.1, 0.15) is 50.2 Å². The highest BCUT2D eigenvalue weighted by molar-refractivity contribution is 7.92. The van der Waals surface area contributed by atoms with E-state index < -0.39 is 34.3 Å². The maximum absolute atomic E-state index is 14.1.